The van der Waals surface area contributed by atoms with Gasteiger partial charge in [0.25, 0.3) is 5.91 Å². The number of benzene rings is 2. The minimum atomic E-state index is -0.383. The van der Waals surface area contributed by atoms with Crippen LogP contribution in [0.3, 0.4) is 0 Å². The molecule has 1 fully saturated rings. The second-order valence-electron chi connectivity index (χ2n) is 7.18. The first-order valence-corrected chi connectivity index (χ1v) is 9.38. The maximum atomic E-state index is 14.6. The molecule has 0 atom stereocenters. The van der Waals surface area contributed by atoms with Gasteiger partial charge in [0.05, 0.1) is 18.9 Å². The number of nitrogens with one attached hydrogen (secondary N) is 1. The summed E-state index contributed by atoms with van der Waals surface area (Å²) in [6.07, 6.45) is 0. The van der Waals surface area contributed by atoms with Gasteiger partial charge in [-0.2, -0.15) is 0 Å². The molecule has 4 rings (SSSR count). The van der Waals surface area contributed by atoms with Crippen LogP contribution < -0.4 is 10.2 Å². The lowest BCUT2D eigenvalue weighted by Gasteiger charge is -2.29. The fourth-order valence-corrected chi connectivity index (χ4v) is 3.72. The number of furan rings is 1. The number of ether oxygens (including phenoxy) is 1. The van der Waals surface area contributed by atoms with Crippen molar-refractivity contribution in [2.45, 2.75) is 20.8 Å². The number of amides is 1. The third kappa shape index (κ3) is 3.24. The molecule has 1 amide bonds. The Bertz CT molecular complexity index is 1050. The van der Waals surface area contributed by atoms with Gasteiger partial charge in [-0.3, -0.25) is 4.79 Å². The molecule has 2 aromatic carbocycles. The van der Waals surface area contributed by atoms with E-state index in [1.165, 1.54) is 6.07 Å². The lowest BCUT2D eigenvalue weighted by atomic mass is 10.0. The zero-order valence-corrected chi connectivity index (χ0v) is 16.3. The summed E-state index contributed by atoms with van der Waals surface area (Å²) >= 11 is 0. The van der Waals surface area contributed by atoms with E-state index < -0.39 is 0 Å². The fourth-order valence-electron chi connectivity index (χ4n) is 3.72. The molecule has 5 nitrogen and oxygen atoms in total. The Labute approximate surface area is 163 Å². The summed E-state index contributed by atoms with van der Waals surface area (Å²) in [6.45, 7) is 8.29. The summed E-state index contributed by atoms with van der Waals surface area (Å²) in [5.41, 5.74) is 4.46. The Morgan fingerprint density at radius 2 is 1.79 bits per heavy atom. The second-order valence-corrected chi connectivity index (χ2v) is 7.18. The smallest absolute Gasteiger partial charge is 0.291 e. The molecule has 1 aliphatic heterocycles. The summed E-state index contributed by atoms with van der Waals surface area (Å²) in [6, 6.07) is 8.73. The highest BCUT2D eigenvalue weighted by Gasteiger charge is 2.21. The summed E-state index contributed by atoms with van der Waals surface area (Å²) in [5.74, 6) is -0.496. The Morgan fingerprint density at radius 1 is 1.07 bits per heavy atom. The number of nitrogens with zero attached hydrogens (tertiary/aromatic N) is 1. The molecule has 1 N–H and O–H groups in total. The molecule has 0 spiro atoms. The van der Waals surface area contributed by atoms with E-state index >= 15 is 0 Å². The van der Waals surface area contributed by atoms with E-state index in [1.54, 1.807) is 12.1 Å². The van der Waals surface area contributed by atoms with Gasteiger partial charge in [0, 0.05) is 29.7 Å². The van der Waals surface area contributed by atoms with Crippen molar-refractivity contribution < 1.29 is 18.3 Å². The normalized spacial score (nSPS) is 14.5. The minimum Gasteiger partial charge on any atom is -0.450 e. The number of anilines is 2. The number of halogens is 1. The van der Waals surface area contributed by atoms with Gasteiger partial charge in [-0.15, -0.1) is 0 Å². The van der Waals surface area contributed by atoms with Gasteiger partial charge in [0.1, 0.15) is 11.4 Å². The maximum Gasteiger partial charge on any atom is 0.291 e. The van der Waals surface area contributed by atoms with Gasteiger partial charge in [0.2, 0.25) is 0 Å². The van der Waals surface area contributed by atoms with Crippen molar-refractivity contribution in [3.8, 4) is 0 Å². The van der Waals surface area contributed by atoms with Gasteiger partial charge in [-0.25, -0.2) is 4.39 Å². The van der Waals surface area contributed by atoms with Crippen LogP contribution >= 0.6 is 0 Å². The van der Waals surface area contributed by atoms with Crippen LogP contribution in [0.4, 0.5) is 15.8 Å². The Hall–Kier alpha value is -2.86. The molecule has 1 saturated heterocycles. The molecule has 0 radical (unpaired) electrons. The molecule has 28 heavy (non-hydrogen) atoms. The third-order valence-corrected chi connectivity index (χ3v) is 5.25. The minimum absolute atomic E-state index is 0.255. The van der Waals surface area contributed by atoms with Crippen molar-refractivity contribution in [3.63, 3.8) is 0 Å². The summed E-state index contributed by atoms with van der Waals surface area (Å²) in [5, 5.41) is 3.71. The van der Waals surface area contributed by atoms with Gasteiger partial charge in [-0.1, -0.05) is 12.1 Å². The summed E-state index contributed by atoms with van der Waals surface area (Å²) in [7, 11) is 0. The Morgan fingerprint density at radius 3 is 2.46 bits per heavy atom. The highest BCUT2D eigenvalue weighted by atomic mass is 19.1. The van der Waals surface area contributed by atoms with Crippen LogP contribution in [0.15, 0.2) is 34.7 Å². The van der Waals surface area contributed by atoms with Crippen molar-refractivity contribution in [3.05, 3.63) is 58.6 Å². The van der Waals surface area contributed by atoms with Crippen molar-refractivity contribution in [2.75, 3.05) is 36.5 Å². The number of rotatable bonds is 3. The highest BCUT2D eigenvalue weighted by Crippen LogP contribution is 2.31. The number of hydrogen-bond donors (Lipinski definition) is 1. The van der Waals surface area contributed by atoms with Crippen LogP contribution in [-0.4, -0.2) is 32.2 Å². The van der Waals surface area contributed by atoms with Gasteiger partial charge in [0.15, 0.2) is 5.76 Å². The third-order valence-electron chi connectivity index (χ3n) is 5.25. The van der Waals surface area contributed by atoms with E-state index in [-0.39, 0.29) is 17.5 Å². The average molecular weight is 382 g/mol. The molecule has 3 aromatic rings. The van der Waals surface area contributed by atoms with E-state index in [1.807, 2.05) is 37.8 Å². The summed E-state index contributed by atoms with van der Waals surface area (Å²) in [4.78, 5) is 14.7. The molecule has 1 aromatic heterocycles. The first-order valence-electron chi connectivity index (χ1n) is 9.38. The Kier molecular flexibility index (Phi) is 4.81. The topological polar surface area (TPSA) is 54.7 Å². The first-order chi connectivity index (χ1) is 13.5. The predicted octanol–water partition coefficient (Wildman–Crippen LogP) is 4.59. The highest BCUT2D eigenvalue weighted by molar-refractivity contribution is 6.07. The van der Waals surface area contributed by atoms with E-state index in [2.05, 4.69) is 5.32 Å². The van der Waals surface area contributed by atoms with Gasteiger partial charge >= 0.3 is 0 Å². The molecule has 146 valence electrons. The van der Waals surface area contributed by atoms with E-state index in [9.17, 15) is 9.18 Å². The molecule has 6 heteroatoms. The van der Waals surface area contributed by atoms with Crippen molar-refractivity contribution in [2.24, 2.45) is 0 Å². The quantitative estimate of drug-likeness (QED) is 0.720. The standard InChI is InChI=1S/C22H23FN2O3/c1-13-4-5-14(2)20-19(13)15(3)21(28-20)22(26)24-16-6-7-18(17(23)12-16)25-8-10-27-11-9-25/h4-7,12H,8-11H2,1-3H3,(H,24,26). The number of carbonyl (C=O) groups excluding carboxylic acids is 1. The van der Waals surface area contributed by atoms with Crippen molar-refractivity contribution in [1.29, 1.82) is 0 Å². The first kappa shape index (κ1) is 18.5. The van der Waals surface area contributed by atoms with Crippen molar-refractivity contribution >= 4 is 28.3 Å². The SMILES string of the molecule is Cc1ccc(C)c2c(C)c(C(=O)Nc3ccc(N4CCOCC4)c(F)c3)oc12. The largest absolute Gasteiger partial charge is 0.450 e. The van der Waals surface area contributed by atoms with Crippen LogP contribution in [0.5, 0.6) is 0 Å². The van der Waals surface area contributed by atoms with Crippen LogP contribution in [0.2, 0.25) is 0 Å². The second kappa shape index (κ2) is 7.28. The number of morpholine rings is 1. The van der Waals surface area contributed by atoms with Gasteiger partial charge in [-0.05, 0) is 50.1 Å². The van der Waals surface area contributed by atoms with Gasteiger partial charge < -0.3 is 19.4 Å². The maximum absolute atomic E-state index is 14.6. The average Bonchev–Trinajstić information content (AvgIpc) is 3.04. The van der Waals surface area contributed by atoms with Crippen LogP contribution in [0, 0.1) is 26.6 Å². The molecule has 1 aliphatic rings. The summed E-state index contributed by atoms with van der Waals surface area (Å²) < 4.78 is 25.8. The lowest BCUT2D eigenvalue weighted by molar-refractivity contribution is 0.0998. The predicted molar refractivity (Wildman–Crippen MR) is 108 cm³/mol. The molecule has 0 aliphatic carbocycles. The number of hydrogen-bond acceptors (Lipinski definition) is 4. The molecular formula is C22H23FN2O3. The van der Waals surface area contributed by atoms with E-state index in [4.69, 9.17) is 9.15 Å². The molecule has 0 bridgehead atoms. The number of fused-ring (bicyclic) bond motifs is 1. The number of carbonyl (C=O) groups is 1. The Balaban J connectivity index is 1.59. The zero-order valence-electron chi connectivity index (χ0n) is 16.3. The van der Waals surface area contributed by atoms with Crippen LogP contribution in [0.1, 0.15) is 27.2 Å². The zero-order chi connectivity index (χ0) is 19.8. The monoisotopic (exact) mass is 382 g/mol. The number of aryl methyl sites for hydroxylation is 3. The van der Waals surface area contributed by atoms with Crippen LogP contribution in [0.25, 0.3) is 11.0 Å². The molecular weight excluding hydrogens is 359 g/mol. The van der Waals surface area contributed by atoms with Crippen LogP contribution in [-0.2, 0) is 4.74 Å². The molecule has 0 unspecified atom stereocenters. The van der Waals surface area contributed by atoms with Crippen molar-refractivity contribution in [1.82, 2.24) is 0 Å². The fraction of sp³-hybridized carbons (Fsp3) is 0.318. The van der Waals surface area contributed by atoms with E-state index in [0.717, 1.165) is 27.7 Å². The van der Waals surface area contributed by atoms with E-state index in [0.29, 0.717) is 37.7 Å². The lowest BCUT2D eigenvalue weighted by Crippen LogP contribution is -2.36. The molecule has 0 saturated carbocycles. The molecule has 2 heterocycles.